The summed E-state index contributed by atoms with van der Waals surface area (Å²) in [4.78, 5) is 0. The molecule has 0 aliphatic heterocycles. The van der Waals surface area contributed by atoms with Gasteiger partial charge >= 0.3 is 0 Å². The number of hydrogen-bond acceptors (Lipinski definition) is 1. The Balaban J connectivity index is 3.15. The first-order valence-corrected chi connectivity index (χ1v) is 4.93. The predicted octanol–water partition coefficient (Wildman–Crippen LogP) is 2.60. The normalized spacial score (nSPS) is 10.6. The zero-order valence-corrected chi connectivity index (χ0v) is 9.09. The van der Waals surface area contributed by atoms with Gasteiger partial charge in [0.15, 0.2) is 0 Å². The summed E-state index contributed by atoms with van der Waals surface area (Å²) in [6.45, 7) is 6.40. The summed E-state index contributed by atoms with van der Waals surface area (Å²) in [5.74, 6) is 0.727. The molecule has 0 aliphatic rings. The highest BCUT2D eigenvalue weighted by atomic mass is 14.7. The van der Waals surface area contributed by atoms with Crippen molar-refractivity contribution in [2.24, 2.45) is 5.73 Å². The van der Waals surface area contributed by atoms with Gasteiger partial charge in [-0.2, -0.15) is 0 Å². The monoisotopic (exact) mass is 190 g/mol. The second kappa shape index (κ2) is 4.27. The molecule has 0 bridgehead atoms. The molecule has 0 unspecified atom stereocenters. The number of nitrogens with one attached hydrogen (secondary N) is 1. The fourth-order valence-corrected chi connectivity index (χ4v) is 1.70. The molecule has 0 radical (unpaired) electrons. The number of rotatable bonds is 3. The van der Waals surface area contributed by atoms with Gasteiger partial charge in [-0.15, -0.1) is 0 Å². The van der Waals surface area contributed by atoms with E-state index in [-0.39, 0.29) is 5.84 Å². The van der Waals surface area contributed by atoms with Gasteiger partial charge < -0.3 is 5.73 Å². The Labute approximate surface area is 85.6 Å². The summed E-state index contributed by atoms with van der Waals surface area (Å²) in [5.41, 5.74) is 9.20. The van der Waals surface area contributed by atoms with Crippen LogP contribution in [0.1, 0.15) is 36.5 Å². The average molecular weight is 190 g/mol. The molecule has 2 heteroatoms. The van der Waals surface area contributed by atoms with Crippen LogP contribution in [0.3, 0.4) is 0 Å². The molecule has 0 aromatic heterocycles. The van der Waals surface area contributed by atoms with Crippen LogP contribution >= 0.6 is 0 Å². The Bertz CT molecular complexity index is 340. The molecule has 1 aromatic carbocycles. The predicted molar refractivity (Wildman–Crippen MR) is 60.9 cm³/mol. The van der Waals surface area contributed by atoms with Crippen molar-refractivity contribution in [2.75, 3.05) is 0 Å². The summed E-state index contributed by atoms with van der Waals surface area (Å²) < 4.78 is 0. The van der Waals surface area contributed by atoms with Gasteiger partial charge in [0.2, 0.25) is 0 Å². The molecular formula is C12H18N2. The molecule has 0 fully saturated rings. The lowest BCUT2D eigenvalue weighted by atomic mass is 9.92. The van der Waals surface area contributed by atoms with Crippen LogP contribution in [0, 0.1) is 12.3 Å². The summed E-state index contributed by atoms with van der Waals surface area (Å²) >= 11 is 0. The summed E-state index contributed by atoms with van der Waals surface area (Å²) in [6.07, 6.45) is 0.570. The molecule has 0 saturated carbocycles. The van der Waals surface area contributed by atoms with E-state index in [1.807, 2.05) is 0 Å². The highest BCUT2D eigenvalue weighted by Gasteiger charge is 2.09. The van der Waals surface area contributed by atoms with Crippen molar-refractivity contribution in [2.45, 2.75) is 33.1 Å². The van der Waals surface area contributed by atoms with Gasteiger partial charge in [-0.25, -0.2) is 0 Å². The molecule has 76 valence electrons. The first-order valence-electron chi connectivity index (χ1n) is 4.93. The Morgan fingerprint density at radius 1 is 1.43 bits per heavy atom. The molecule has 1 rings (SSSR count). The smallest absolute Gasteiger partial charge is 0.0950 e. The maximum Gasteiger partial charge on any atom is 0.0950 e. The Morgan fingerprint density at radius 2 is 2.07 bits per heavy atom. The van der Waals surface area contributed by atoms with Crippen molar-refractivity contribution in [1.82, 2.24) is 0 Å². The largest absolute Gasteiger partial charge is 0.387 e. The van der Waals surface area contributed by atoms with Gasteiger partial charge in [0, 0.05) is 6.42 Å². The Hall–Kier alpha value is -1.31. The van der Waals surface area contributed by atoms with Gasteiger partial charge in [-0.3, -0.25) is 5.41 Å². The average Bonchev–Trinajstić information content (AvgIpc) is 2.07. The van der Waals surface area contributed by atoms with Gasteiger partial charge in [0.1, 0.15) is 0 Å². The van der Waals surface area contributed by atoms with E-state index in [0.29, 0.717) is 12.3 Å². The minimum absolute atomic E-state index is 0.237. The first-order chi connectivity index (χ1) is 6.52. The molecular weight excluding hydrogens is 172 g/mol. The van der Waals surface area contributed by atoms with Crippen molar-refractivity contribution in [3.05, 3.63) is 34.9 Å². The van der Waals surface area contributed by atoms with Crippen molar-refractivity contribution >= 4 is 5.84 Å². The SMILES string of the molecule is Cc1cccc(C(C)C)c1CC(=N)N. The minimum Gasteiger partial charge on any atom is -0.387 e. The molecule has 0 saturated heterocycles. The van der Waals surface area contributed by atoms with Crippen LogP contribution in [0.4, 0.5) is 0 Å². The summed E-state index contributed by atoms with van der Waals surface area (Å²) in [6, 6.07) is 6.26. The molecule has 14 heavy (non-hydrogen) atoms. The van der Waals surface area contributed by atoms with E-state index >= 15 is 0 Å². The number of amidine groups is 1. The lowest BCUT2D eigenvalue weighted by Crippen LogP contribution is -2.15. The lowest BCUT2D eigenvalue weighted by Gasteiger charge is -2.14. The van der Waals surface area contributed by atoms with Crippen molar-refractivity contribution in [3.63, 3.8) is 0 Å². The number of hydrogen-bond donors (Lipinski definition) is 2. The zero-order chi connectivity index (χ0) is 10.7. The van der Waals surface area contributed by atoms with E-state index in [1.54, 1.807) is 0 Å². The van der Waals surface area contributed by atoms with Crippen LogP contribution in [0.5, 0.6) is 0 Å². The van der Waals surface area contributed by atoms with Crippen LogP contribution < -0.4 is 5.73 Å². The van der Waals surface area contributed by atoms with Crippen LogP contribution in [0.2, 0.25) is 0 Å². The summed E-state index contributed by atoms with van der Waals surface area (Å²) in [5, 5.41) is 7.34. The quantitative estimate of drug-likeness (QED) is 0.558. The number of benzene rings is 1. The molecule has 0 atom stereocenters. The first kappa shape index (κ1) is 10.8. The van der Waals surface area contributed by atoms with Gasteiger partial charge in [0.05, 0.1) is 5.84 Å². The Morgan fingerprint density at radius 3 is 2.57 bits per heavy atom. The third-order valence-corrected chi connectivity index (χ3v) is 2.44. The van der Waals surface area contributed by atoms with E-state index in [0.717, 1.165) is 0 Å². The molecule has 0 aliphatic carbocycles. The van der Waals surface area contributed by atoms with E-state index in [9.17, 15) is 0 Å². The summed E-state index contributed by atoms with van der Waals surface area (Å²) in [7, 11) is 0. The molecule has 0 amide bonds. The number of aryl methyl sites for hydroxylation is 1. The zero-order valence-electron chi connectivity index (χ0n) is 9.09. The number of nitrogens with two attached hydrogens (primary N) is 1. The molecule has 0 spiro atoms. The van der Waals surface area contributed by atoms with Crippen molar-refractivity contribution in [3.8, 4) is 0 Å². The van der Waals surface area contributed by atoms with E-state index < -0.39 is 0 Å². The lowest BCUT2D eigenvalue weighted by molar-refractivity contribution is 0.848. The third-order valence-electron chi connectivity index (χ3n) is 2.44. The van der Waals surface area contributed by atoms with Crippen LogP contribution in [0.15, 0.2) is 18.2 Å². The van der Waals surface area contributed by atoms with Crippen molar-refractivity contribution in [1.29, 1.82) is 5.41 Å². The standard InChI is InChI=1S/C12H18N2/c1-8(2)10-6-4-5-9(3)11(10)7-12(13)14/h4-6,8H,7H2,1-3H3,(H3,13,14). The highest BCUT2D eigenvalue weighted by Crippen LogP contribution is 2.22. The second-order valence-corrected chi connectivity index (χ2v) is 4.00. The molecule has 0 heterocycles. The molecule has 1 aromatic rings. The van der Waals surface area contributed by atoms with Crippen molar-refractivity contribution < 1.29 is 0 Å². The maximum absolute atomic E-state index is 7.34. The van der Waals surface area contributed by atoms with E-state index in [2.05, 4.69) is 39.0 Å². The maximum atomic E-state index is 7.34. The fraction of sp³-hybridized carbons (Fsp3) is 0.417. The fourth-order valence-electron chi connectivity index (χ4n) is 1.70. The van der Waals surface area contributed by atoms with Crippen LogP contribution in [0.25, 0.3) is 0 Å². The van der Waals surface area contributed by atoms with Crippen LogP contribution in [-0.4, -0.2) is 5.84 Å². The van der Waals surface area contributed by atoms with Gasteiger partial charge in [-0.05, 0) is 29.5 Å². The van der Waals surface area contributed by atoms with Gasteiger partial charge in [0.25, 0.3) is 0 Å². The molecule has 3 N–H and O–H groups in total. The minimum atomic E-state index is 0.237. The molecule has 2 nitrogen and oxygen atoms in total. The topological polar surface area (TPSA) is 49.9 Å². The second-order valence-electron chi connectivity index (χ2n) is 4.00. The third kappa shape index (κ3) is 2.34. The van der Waals surface area contributed by atoms with E-state index in [4.69, 9.17) is 11.1 Å². The Kier molecular flexibility index (Phi) is 3.28. The van der Waals surface area contributed by atoms with E-state index in [1.165, 1.54) is 16.7 Å². The van der Waals surface area contributed by atoms with Crippen LogP contribution in [-0.2, 0) is 6.42 Å². The highest BCUT2D eigenvalue weighted by molar-refractivity contribution is 5.80. The van der Waals surface area contributed by atoms with Gasteiger partial charge in [-0.1, -0.05) is 32.0 Å².